The largest absolute Gasteiger partial charge is 0.357 e. The predicted molar refractivity (Wildman–Crippen MR) is 126 cm³/mol. The van der Waals surface area contributed by atoms with E-state index in [9.17, 15) is 0 Å². The number of fused-ring (bicyclic) bond motifs is 1. The van der Waals surface area contributed by atoms with Crippen LogP contribution in [0.25, 0.3) is 0 Å². The van der Waals surface area contributed by atoms with Crippen molar-refractivity contribution in [1.82, 2.24) is 10.2 Å². The second-order valence-electron chi connectivity index (χ2n) is 8.78. The maximum absolute atomic E-state index is 6.47. The summed E-state index contributed by atoms with van der Waals surface area (Å²) in [5, 5.41) is 5.69. The van der Waals surface area contributed by atoms with Crippen LogP contribution < -0.4 is 5.32 Å². The highest BCUT2D eigenvalue weighted by atomic mass is 35.5. The van der Waals surface area contributed by atoms with E-state index >= 15 is 0 Å². The fourth-order valence-corrected chi connectivity index (χ4v) is 6.94. The van der Waals surface area contributed by atoms with E-state index in [0.717, 1.165) is 28.9 Å². The molecule has 0 spiro atoms. The van der Waals surface area contributed by atoms with Gasteiger partial charge in [0.25, 0.3) is 0 Å². The highest BCUT2D eigenvalue weighted by Gasteiger charge is 2.56. The van der Waals surface area contributed by atoms with Gasteiger partial charge in [0.1, 0.15) is 6.23 Å². The molecule has 1 aliphatic carbocycles. The van der Waals surface area contributed by atoms with Gasteiger partial charge in [0.2, 0.25) is 0 Å². The van der Waals surface area contributed by atoms with Gasteiger partial charge in [-0.25, -0.2) is 4.90 Å². The van der Waals surface area contributed by atoms with Crippen molar-refractivity contribution in [3.63, 3.8) is 0 Å². The van der Waals surface area contributed by atoms with Crippen LogP contribution in [0.15, 0.2) is 48.5 Å². The summed E-state index contributed by atoms with van der Waals surface area (Å²) < 4.78 is 6.47. The average Bonchev–Trinajstić information content (AvgIpc) is 3.32. The van der Waals surface area contributed by atoms with E-state index in [-0.39, 0.29) is 17.1 Å². The second kappa shape index (κ2) is 9.01. The van der Waals surface area contributed by atoms with E-state index in [1.165, 1.54) is 43.2 Å². The topological polar surface area (TPSA) is 24.5 Å². The molecule has 6 heteroatoms. The fourth-order valence-electron chi connectivity index (χ4n) is 5.04. The van der Waals surface area contributed by atoms with Gasteiger partial charge in [0, 0.05) is 28.4 Å². The zero-order chi connectivity index (χ0) is 20.6. The number of halogens is 2. The van der Waals surface area contributed by atoms with Gasteiger partial charge in [-0.05, 0) is 48.2 Å². The van der Waals surface area contributed by atoms with Gasteiger partial charge in [-0.3, -0.25) is 0 Å². The smallest absolute Gasteiger partial charge is 0.138 e. The number of nitrogens with one attached hydrogen (secondary N) is 1. The zero-order valence-corrected chi connectivity index (χ0v) is 19.4. The van der Waals surface area contributed by atoms with Crippen LogP contribution in [-0.4, -0.2) is 35.4 Å². The quantitative estimate of drug-likeness (QED) is 0.552. The minimum absolute atomic E-state index is 0.00325. The Morgan fingerprint density at radius 3 is 2.23 bits per heavy atom. The molecule has 2 aliphatic heterocycles. The highest BCUT2D eigenvalue weighted by Crippen LogP contribution is 2.55. The van der Waals surface area contributed by atoms with Crippen molar-refractivity contribution >= 4 is 35.0 Å². The third kappa shape index (κ3) is 4.15. The summed E-state index contributed by atoms with van der Waals surface area (Å²) in [6.45, 7) is 1.72. The van der Waals surface area contributed by atoms with Gasteiger partial charge in [-0.2, -0.15) is 0 Å². The molecule has 2 aromatic carbocycles. The minimum Gasteiger partial charge on any atom is -0.357 e. The Hall–Kier alpha value is -0.750. The van der Waals surface area contributed by atoms with Gasteiger partial charge in [0.05, 0.1) is 17.5 Å². The molecule has 0 amide bonds. The highest BCUT2D eigenvalue weighted by molar-refractivity contribution is 7.99. The molecule has 3 nitrogen and oxygen atoms in total. The lowest BCUT2D eigenvalue weighted by molar-refractivity contribution is 0.0181. The lowest BCUT2D eigenvalue weighted by Gasteiger charge is -2.37. The van der Waals surface area contributed by atoms with Gasteiger partial charge >= 0.3 is 0 Å². The van der Waals surface area contributed by atoms with Gasteiger partial charge in [-0.15, -0.1) is 11.8 Å². The first-order valence-corrected chi connectivity index (χ1v) is 12.7. The van der Waals surface area contributed by atoms with Gasteiger partial charge in [-0.1, -0.05) is 66.7 Å². The lowest BCUT2D eigenvalue weighted by Crippen LogP contribution is -2.53. The molecule has 30 heavy (non-hydrogen) atoms. The third-order valence-corrected chi connectivity index (χ3v) is 8.73. The summed E-state index contributed by atoms with van der Waals surface area (Å²) in [6, 6.07) is 17.0. The molecule has 1 N–H and O–H groups in total. The first kappa shape index (κ1) is 21.1. The molecule has 0 aromatic heterocycles. The summed E-state index contributed by atoms with van der Waals surface area (Å²) in [7, 11) is 0. The summed E-state index contributed by atoms with van der Waals surface area (Å²) in [6.07, 6.45) is 6.61. The van der Waals surface area contributed by atoms with Crippen LogP contribution >= 0.6 is 35.0 Å². The van der Waals surface area contributed by atoms with Crippen molar-refractivity contribution in [3.8, 4) is 0 Å². The van der Waals surface area contributed by atoms with Crippen LogP contribution in [-0.2, 0) is 4.74 Å². The van der Waals surface area contributed by atoms with E-state index in [2.05, 4.69) is 34.5 Å². The van der Waals surface area contributed by atoms with Crippen molar-refractivity contribution in [2.45, 2.75) is 55.3 Å². The van der Waals surface area contributed by atoms with Crippen molar-refractivity contribution in [2.24, 2.45) is 0 Å². The molecule has 160 valence electrons. The first-order chi connectivity index (χ1) is 14.6. The number of rotatable bonds is 5. The first-order valence-electron chi connectivity index (χ1n) is 10.9. The van der Waals surface area contributed by atoms with Crippen molar-refractivity contribution in [2.75, 3.05) is 18.9 Å². The Kier molecular flexibility index (Phi) is 6.34. The number of nitrogens with zero attached hydrogens (tertiary/aromatic N) is 1. The molecule has 2 saturated heterocycles. The van der Waals surface area contributed by atoms with Gasteiger partial charge < -0.3 is 10.1 Å². The summed E-state index contributed by atoms with van der Waals surface area (Å²) >= 11 is 14.3. The number of hydrogen-bond donors (Lipinski definition) is 1. The van der Waals surface area contributed by atoms with Crippen LogP contribution in [0.3, 0.4) is 0 Å². The van der Waals surface area contributed by atoms with E-state index in [0.29, 0.717) is 6.04 Å². The van der Waals surface area contributed by atoms with Crippen LogP contribution in [0.2, 0.25) is 10.0 Å². The maximum atomic E-state index is 6.47. The molecule has 2 heterocycles. The fraction of sp³-hybridized carbons (Fsp3) is 0.500. The molecule has 1 saturated carbocycles. The van der Waals surface area contributed by atoms with Crippen LogP contribution in [0.1, 0.15) is 54.8 Å². The SMILES string of the molecule is Clc1ccc([C@H]2OC[C@@]3(CNC4CCCCC4)CS[C@H](c4ccc(Cl)cc4)N23)cc1. The molecular formula is C24H28Cl2N2OS. The van der Waals surface area contributed by atoms with Crippen molar-refractivity contribution in [1.29, 1.82) is 0 Å². The maximum Gasteiger partial charge on any atom is 0.138 e. The second-order valence-corrected chi connectivity index (χ2v) is 10.7. The monoisotopic (exact) mass is 462 g/mol. The van der Waals surface area contributed by atoms with Gasteiger partial charge in [0.15, 0.2) is 0 Å². The van der Waals surface area contributed by atoms with E-state index in [1.54, 1.807) is 0 Å². The molecule has 0 radical (unpaired) electrons. The Labute approximate surface area is 193 Å². The Morgan fingerprint density at radius 2 is 1.57 bits per heavy atom. The minimum atomic E-state index is -0.0638. The lowest BCUT2D eigenvalue weighted by atomic mass is 9.93. The van der Waals surface area contributed by atoms with Crippen molar-refractivity contribution < 1.29 is 4.74 Å². The predicted octanol–water partition coefficient (Wildman–Crippen LogP) is 6.43. The van der Waals surface area contributed by atoms with E-state index in [1.807, 2.05) is 36.0 Å². The summed E-state index contributed by atoms with van der Waals surface area (Å²) in [5.74, 6) is 1.06. The molecule has 0 unspecified atom stereocenters. The number of hydrogen-bond acceptors (Lipinski definition) is 4. The summed E-state index contributed by atoms with van der Waals surface area (Å²) in [4.78, 5) is 2.60. The third-order valence-electron chi connectivity index (χ3n) is 6.71. The zero-order valence-electron chi connectivity index (χ0n) is 17.0. The number of ether oxygens (including phenoxy) is 1. The Morgan fingerprint density at radius 1 is 0.933 bits per heavy atom. The van der Waals surface area contributed by atoms with Crippen LogP contribution in [0.5, 0.6) is 0 Å². The van der Waals surface area contributed by atoms with E-state index in [4.69, 9.17) is 27.9 Å². The molecule has 5 rings (SSSR count). The number of thioether (sulfide) groups is 1. The molecule has 3 fully saturated rings. The molecule has 3 aliphatic rings. The molecule has 2 aromatic rings. The van der Waals surface area contributed by atoms with Crippen LogP contribution in [0, 0.1) is 0 Å². The molecule has 0 bridgehead atoms. The standard InChI is InChI=1S/C24H28Cl2N2OS/c25-19-10-6-17(7-11-19)22-28-23(18-8-12-20(26)13-9-18)30-16-24(28,15-29-22)14-27-21-4-2-1-3-5-21/h6-13,21-23,27H,1-5,14-16H2/t22-,23-,24+/m1/s1. The molecular weight excluding hydrogens is 435 g/mol. The average molecular weight is 463 g/mol. The summed E-state index contributed by atoms with van der Waals surface area (Å²) in [5.41, 5.74) is 2.45. The molecule has 3 atom stereocenters. The van der Waals surface area contributed by atoms with E-state index < -0.39 is 0 Å². The normalized spacial score (nSPS) is 29.9. The van der Waals surface area contributed by atoms with Crippen LogP contribution in [0.4, 0.5) is 0 Å². The van der Waals surface area contributed by atoms with Crippen molar-refractivity contribution in [3.05, 3.63) is 69.7 Å². The Balaban J connectivity index is 1.43. The Bertz CT molecular complexity index is 797. The number of benzene rings is 2.